The van der Waals surface area contributed by atoms with Crippen LogP contribution in [0.25, 0.3) is 0 Å². The Morgan fingerprint density at radius 1 is 0.840 bits per heavy atom. The van der Waals surface area contributed by atoms with Crippen LogP contribution in [0.3, 0.4) is 0 Å². The molecule has 3 aromatic rings. The van der Waals surface area contributed by atoms with Crippen molar-refractivity contribution in [1.82, 2.24) is 15.5 Å². The van der Waals surface area contributed by atoms with Crippen LogP contribution in [0.15, 0.2) is 66.7 Å². The maximum absolute atomic E-state index is 12.9. The van der Waals surface area contributed by atoms with Crippen LogP contribution in [0.1, 0.15) is 70.5 Å². The first-order valence-corrected chi connectivity index (χ1v) is 18.5. The predicted octanol–water partition coefficient (Wildman–Crippen LogP) is 4.39. The van der Waals surface area contributed by atoms with E-state index in [2.05, 4.69) is 10.6 Å². The quantitative estimate of drug-likeness (QED) is 0.182. The smallest absolute Gasteiger partial charge is 0.253 e. The summed E-state index contributed by atoms with van der Waals surface area (Å²) < 4.78 is 44.5. The Morgan fingerprint density at radius 2 is 1.40 bits per heavy atom. The lowest BCUT2D eigenvalue weighted by Gasteiger charge is -2.22. The van der Waals surface area contributed by atoms with Gasteiger partial charge in [0, 0.05) is 49.6 Å². The third-order valence-electron chi connectivity index (χ3n) is 6.83. The van der Waals surface area contributed by atoms with Crippen LogP contribution in [0.2, 0.25) is 0 Å². The fourth-order valence-corrected chi connectivity index (χ4v) is 4.93. The number of aryl methyl sites for hydroxylation is 2. The van der Waals surface area contributed by atoms with Gasteiger partial charge in [0.1, 0.15) is 21.5 Å². The zero-order valence-electron chi connectivity index (χ0n) is 29.5. The second kappa shape index (κ2) is 23.2. The molecule has 3 amide bonds. The predicted molar refractivity (Wildman–Crippen MR) is 192 cm³/mol. The number of sulfone groups is 1. The highest BCUT2D eigenvalue weighted by atomic mass is 32.2. The number of carbonyl (C=O) groups is 3. The minimum absolute atomic E-state index is 0.0556. The van der Waals surface area contributed by atoms with E-state index in [9.17, 15) is 36.7 Å². The van der Waals surface area contributed by atoms with Crippen molar-refractivity contribution in [3.05, 3.63) is 106 Å². The number of carbonyl (C=O) groups excluding carboxylic acids is 3. The molecule has 0 saturated carbocycles. The van der Waals surface area contributed by atoms with Gasteiger partial charge in [0.2, 0.25) is 5.91 Å². The maximum Gasteiger partial charge on any atom is 0.253 e. The molecule has 276 valence electrons. The standard InChI is InChI=1S/C27H37N3O4.C7H6F2.C3H8O3S/c1-4-13-30(14-5-2)27(34)23-16-20(3)15-22(17-23)26(33)29-19-24(31)18-25(32)28-12-11-21-9-7-6-8-10-21;1-5-2-6(8)4-7(9)3-5;1-7(5,6)3-2-4/h6-10,15-17,24,31H,4-5,11-14,18-19H2,1-3H3,(H,28,32)(H,29,33);2-4H,1H3;4H,2-3H2,1H3. The summed E-state index contributed by atoms with van der Waals surface area (Å²) in [5.41, 5.74) is 3.37. The van der Waals surface area contributed by atoms with E-state index < -0.39 is 27.6 Å². The summed E-state index contributed by atoms with van der Waals surface area (Å²) in [5.74, 6) is -1.92. The van der Waals surface area contributed by atoms with E-state index in [4.69, 9.17) is 5.11 Å². The fourth-order valence-electron chi connectivity index (χ4n) is 4.59. The number of benzene rings is 3. The van der Waals surface area contributed by atoms with Gasteiger partial charge in [-0.1, -0.05) is 44.2 Å². The number of rotatable bonds is 15. The van der Waals surface area contributed by atoms with Gasteiger partial charge in [-0.25, -0.2) is 17.2 Å². The summed E-state index contributed by atoms with van der Waals surface area (Å²) in [6.07, 6.45) is 2.42. The molecule has 0 aromatic heterocycles. The second-order valence-corrected chi connectivity index (χ2v) is 14.1. The number of halogens is 2. The van der Waals surface area contributed by atoms with Crippen molar-refractivity contribution in [2.45, 2.75) is 59.5 Å². The zero-order valence-corrected chi connectivity index (χ0v) is 30.4. The van der Waals surface area contributed by atoms with E-state index in [-0.39, 0.29) is 43.0 Å². The number of aliphatic hydroxyl groups excluding tert-OH is 2. The molecule has 0 saturated heterocycles. The van der Waals surface area contributed by atoms with Gasteiger partial charge >= 0.3 is 0 Å². The highest BCUT2D eigenvalue weighted by molar-refractivity contribution is 7.90. The molecule has 0 aliphatic carbocycles. The van der Waals surface area contributed by atoms with Crippen LogP contribution in [-0.4, -0.2) is 92.2 Å². The monoisotopic (exact) mass is 719 g/mol. The summed E-state index contributed by atoms with van der Waals surface area (Å²) in [5, 5.41) is 23.7. The van der Waals surface area contributed by atoms with Gasteiger partial charge in [0.25, 0.3) is 11.8 Å². The summed E-state index contributed by atoms with van der Waals surface area (Å²) in [6.45, 7) is 9.02. The van der Waals surface area contributed by atoms with Crippen molar-refractivity contribution in [3.8, 4) is 0 Å². The molecule has 50 heavy (non-hydrogen) atoms. The molecule has 0 fully saturated rings. The fraction of sp³-hybridized carbons (Fsp3) is 0.432. The number of nitrogens with one attached hydrogen (secondary N) is 2. The van der Waals surface area contributed by atoms with Gasteiger partial charge in [0.05, 0.1) is 24.9 Å². The number of hydrogen-bond donors (Lipinski definition) is 4. The van der Waals surface area contributed by atoms with Gasteiger partial charge in [-0.3, -0.25) is 14.4 Å². The van der Waals surface area contributed by atoms with Gasteiger partial charge in [-0.15, -0.1) is 0 Å². The van der Waals surface area contributed by atoms with Crippen LogP contribution in [0.5, 0.6) is 0 Å². The molecule has 0 spiro atoms. The third kappa shape index (κ3) is 19.1. The second-order valence-electron chi connectivity index (χ2n) is 11.8. The Kier molecular flexibility index (Phi) is 20.4. The molecular formula is C37H51F2N3O7S. The third-order valence-corrected chi connectivity index (χ3v) is 7.75. The molecule has 3 rings (SSSR count). The molecule has 4 N–H and O–H groups in total. The topological polar surface area (TPSA) is 153 Å². The van der Waals surface area contributed by atoms with E-state index in [0.29, 0.717) is 42.7 Å². The van der Waals surface area contributed by atoms with E-state index in [1.165, 1.54) is 12.1 Å². The molecule has 0 radical (unpaired) electrons. The molecular weight excluding hydrogens is 668 g/mol. The Bertz CT molecular complexity index is 1550. The highest BCUT2D eigenvalue weighted by Gasteiger charge is 2.18. The van der Waals surface area contributed by atoms with Crippen molar-refractivity contribution >= 4 is 27.6 Å². The average molecular weight is 720 g/mol. The summed E-state index contributed by atoms with van der Waals surface area (Å²) in [7, 11) is -2.92. The molecule has 1 unspecified atom stereocenters. The molecule has 0 bridgehead atoms. The number of aliphatic hydroxyl groups is 2. The minimum Gasteiger partial charge on any atom is -0.395 e. The molecule has 0 heterocycles. The molecule has 0 aliphatic rings. The van der Waals surface area contributed by atoms with Crippen molar-refractivity contribution in [1.29, 1.82) is 0 Å². The van der Waals surface area contributed by atoms with E-state index in [1.807, 2.05) is 51.1 Å². The van der Waals surface area contributed by atoms with Gasteiger partial charge < -0.3 is 25.7 Å². The SMILES string of the molecule is CCCN(CCC)C(=O)c1cc(C)cc(C(=O)NCC(O)CC(=O)NCCc2ccccc2)c1.CS(=O)(=O)CCO.Cc1cc(F)cc(F)c1. The lowest BCUT2D eigenvalue weighted by molar-refractivity contribution is -0.122. The van der Waals surface area contributed by atoms with Crippen LogP contribution in [0.4, 0.5) is 8.78 Å². The number of amides is 3. The lowest BCUT2D eigenvalue weighted by Crippen LogP contribution is -2.36. The molecule has 3 aromatic carbocycles. The normalized spacial score (nSPS) is 11.2. The van der Waals surface area contributed by atoms with Crippen LogP contribution >= 0.6 is 0 Å². The van der Waals surface area contributed by atoms with Crippen molar-refractivity contribution in [3.63, 3.8) is 0 Å². The summed E-state index contributed by atoms with van der Waals surface area (Å²) >= 11 is 0. The molecule has 1 atom stereocenters. The Labute approximate surface area is 294 Å². The van der Waals surface area contributed by atoms with E-state index in [1.54, 1.807) is 30.0 Å². The number of hydrogen-bond acceptors (Lipinski definition) is 7. The lowest BCUT2D eigenvalue weighted by atomic mass is 10.0. The number of nitrogens with zero attached hydrogens (tertiary/aromatic N) is 1. The molecule has 10 nitrogen and oxygen atoms in total. The summed E-state index contributed by atoms with van der Waals surface area (Å²) in [4.78, 5) is 39.5. The van der Waals surface area contributed by atoms with Gasteiger partial charge in [-0.05, 0) is 80.1 Å². The average Bonchev–Trinajstić information content (AvgIpc) is 3.03. The Morgan fingerprint density at radius 3 is 1.90 bits per heavy atom. The van der Waals surface area contributed by atoms with Gasteiger partial charge in [-0.2, -0.15) is 0 Å². The van der Waals surface area contributed by atoms with Crippen LogP contribution in [0, 0.1) is 25.5 Å². The first-order chi connectivity index (χ1) is 23.6. The Hall–Kier alpha value is -4.20. The largest absolute Gasteiger partial charge is 0.395 e. The van der Waals surface area contributed by atoms with Gasteiger partial charge in [0.15, 0.2) is 0 Å². The van der Waals surface area contributed by atoms with E-state index >= 15 is 0 Å². The van der Waals surface area contributed by atoms with Crippen molar-refractivity contribution in [2.24, 2.45) is 0 Å². The highest BCUT2D eigenvalue weighted by Crippen LogP contribution is 2.14. The van der Waals surface area contributed by atoms with Crippen LogP contribution < -0.4 is 10.6 Å². The first-order valence-electron chi connectivity index (χ1n) is 16.5. The molecule has 13 heteroatoms. The zero-order chi connectivity index (χ0) is 37.7. The maximum atomic E-state index is 12.9. The summed E-state index contributed by atoms with van der Waals surface area (Å²) in [6, 6.07) is 18.3. The van der Waals surface area contributed by atoms with E-state index in [0.717, 1.165) is 36.3 Å². The Balaban J connectivity index is 0.000000637. The minimum atomic E-state index is -2.92. The van der Waals surface area contributed by atoms with Crippen molar-refractivity contribution < 1.29 is 41.8 Å². The first kappa shape index (κ1) is 43.8. The molecule has 0 aliphatic heterocycles. The van der Waals surface area contributed by atoms with Crippen molar-refractivity contribution in [2.75, 3.05) is 44.8 Å². The van der Waals surface area contributed by atoms with Crippen LogP contribution in [-0.2, 0) is 21.1 Å².